The molecule has 9 heteroatoms. The van der Waals surface area contributed by atoms with Gasteiger partial charge in [0.2, 0.25) is 15.9 Å². The minimum absolute atomic E-state index is 0.0770. The quantitative estimate of drug-likeness (QED) is 0.696. The first-order chi connectivity index (χ1) is 13.3. The van der Waals surface area contributed by atoms with Gasteiger partial charge in [-0.25, -0.2) is 8.42 Å². The number of halogens is 1. The molecule has 0 saturated carbocycles. The van der Waals surface area contributed by atoms with Gasteiger partial charge in [-0.05, 0) is 44.4 Å². The molecular formula is C19H28ClN3O4S. The van der Waals surface area contributed by atoms with Crippen molar-refractivity contribution in [3.05, 3.63) is 28.8 Å². The van der Waals surface area contributed by atoms with Gasteiger partial charge in [0, 0.05) is 25.2 Å². The summed E-state index contributed by atoms with van der Waals surface area (Å²) in [6, 6.07) is 3.41. The van der Waals surface area contributed by atoms with E-state index >= 15 is 0 Å². The maximum absolute atomic E-state index is 13.0. The van der Waals surface area contributed by atoms with Crippen molar-refractivity contribution < 1.29 is 18.0 Å². The summed E-state index contributed by atoms with van der Waals surface area (Å²) >= 11 is 6.16. The van der Waals surface area contributed by atoms with E-state index in [1.165, 1.54) is 22.5 Å². The van der Waals surface area contributed by atoms with E-state index in [0.29, 0.717) is 19.6 Å². The normalized spacial score (nSPS) is 16.8. The number of hydrogen-bond donors (Lipinski definition) is 2. The van der Waals surface area contributed by atoms with Gasteiger partial charge < -0.3 is 10.6 Å². The molecule has 0 aliphatic carbocycles. The first kappa shape index (κ1) is 22.6. The van der Waals surface area contributed by atoms with Crippen LogP contribution in [0.2, 0.25) is 5.02 Å². The summed E-state index contributed by atoms with van der Waals surface area (Å²) in [5.41, 5.74) is 0.146. The van der Waals surface area contributed by atoms with Crippen LogP contribution in [0.4, 0.5) is 0 Å². The van der Waals surface area contributed by atoms with Crippen LogP contribution in [0.25, 0.3) is 0 Å². The molecule has 1 aromatic rings. The molecule has 0 spiro atoms. The van der Waals surface area contributed by atoms with E-state index in [1.54, 1.807) is 6.92 Å². The fraction of sp³-hybridized carbons (Fsp3) is 0.579. The van der Waals surface area contributed by atoms with E-state index in [4.69, 9.17) is 11.6 Å². The molecule has 1 aliphatic heterocycles. The van der Waals surface area contributed by atoms with E-state index in [9.17, 15) is 18.0 Å². The van der Waals surface area contributed by atoms with Crippen molar-refractivity contribution in [2.45, 2.75) is 56.9 Å². The molecule has 28 heavy (non-hydrogen) atoms. The van der Waals surface area contributed by atoms with Gasteiger partial charge in [0.15, 0.2) is 0 Å². The Balaban J connectivity index is 2.20. The monoisotopic (exact) mass is 429 g/mol. The zero-order valence-electron chi connectivity index (χ0n) is 16.3. The van der Waals surface area contributed by atoms with Gasteiger partial charge in [-0.3, -0.25) is 9.59 Å². The van der Waals surface area contributed by atoms with Crippen molar-refractivity contribution >= 4 is 33.4 Å². The van der Waals surface area contributed by atoms with Gasteiger partial charge in [0.1, 0.15) is 10.9 Å². The minimum Gasteiger partial charge on any atom is -0.354 e. The summed E-state index contributed by atoms with van der Waals surface area (Å²) in [6.07, 6.45) is 4.41. The zero-order chi connectivity index (χ0) is 20.7. The highest BCUT2D eigenvalue weighted by atomic mass is 35.5. The predicted molar refractivity (Wildman–Crippen MR) is 109 cm³/mol. The molecule has 0 unspecified atom stereocenters. The van der Waals surface area contributed by atoms with Crippen LogP contribution >= 0.6 is 11.6 Å². The van der Waals surface area contributed by atoms with Crippen molar-refractivity contribution in [1.82, 2.24) is 14.9 Å². The van der Waals surface area contributed by atoms with Gasteiger partial charge in [-0.1, -0.05) is 31.4 Å². The number of sulfonamides is 1. The van der Waals surface area contributed by atoms with Crippen LogP contribution in [0.15, 0.2) is 23.1 Å². The second-order valence-corrected chi connectivity index (χ2v) is 9.26. The third kappa shape index (κ3) is 5.68. The van der Waals surface area contributed by atoms with E-state index in [-0.39, 0.29) is 21.4 Å². The Bertz CT molecular complexity index is 805. The zero-order valence-corrected chi connectivity index (χ0v) is 17.9. The number of benzene rings is 1. The number of carbonyl (C=O) groups excluding carboxylic acids is 2. The molecule has 0 bridgehead atoms. The standard InChI is InChI=1S/C19H28ClN3O4S/c1-3-10-21-18(24)14(2)22-19(25)15-8-9-16(20)17(13-15)28(26,27)23-11-6-4-5-7-12-23/h8-9,13-14H,3-7,10-12H2,1-2H3,(H,21,24)(H,22,25)/t14-/m1/s1. The Morgan fingerprint density at radius 3 is 2.43 bits per heavy atom. The molecule has 2 amide bonds. The average molecular weight is 430 g/mol. The van der Waals surface area contributed by atoms with E-state index < -0.39 is 22.0 Å². The summed E-state index contributed by atoms with van der Waals surface area (Å²) in [5.74, 6) is -0.815. The SMILES string of the molecule is CCCNC(=O)[C@@H](C)NC(=O)c1ccc(Cl)c(S(=O)(=O)N2CCCCCC2)c1. The van der Waals surface area contributed by atoms with Crippen molar-refractivity contribution in [3.8, 4) is 0 Å². The first-order valence-electron chi connectivity index (χ1n) is 9.65. The Labute approximate surface area is 171 Å². The van der Waals surface area contributed by atoms with Crippen LogP contribution in [0.3, 0.4) is 0 Å². The molecule has 156 valence electrons. The number of amides is 2. The first-order valence-corrected chi connectivity index (χ1v) is 11.5. The highest BCUT2D eigenvalue weighted by Crippen LogP contribution is 2.27. The number of nitrogens with zero attached hydrogens (tertiary/aromatic N) is 1. The van der Waals surface area contributed by atoms with Gasteiger partial charge in [-0.2, -0.15) is 4.31 Å². The minimum atomic E-state index is -3.79. The van der Waals surface area contributed by atoms with E-state index in [0.717, 1.165) is 32.1 Å². The Kier molecular flexibility index (Phi) is 8.27. The van der Waals surface area contributed by atoms with Crippen molar-refractivity contribution in [1.29, 1.82) is 0 Å². The molecule has 2 N–H and O–H groups in total. The van der Waals surface area contributed by atoms with Crippen LogP contribution in [0.1, 0.15) is 56.3 Å². The largest absolute Gasteiger partial charge is 0.354 e. The molecule has 7 nitrogen and oxygen atoms in total. The molecular weight excluding hydrogens is 402 g/mol. The predicted octanol–water partition coefficient (Wildman–Crippen LogP) is 2.55. The van der Waals surface area contributed by atoms with Gasteiger partial charge in [-0.15, -0.1) is 0 Å². The molecule has 0 aromatic heterocycles. The maximum atomic E-state index is 13.0. The summed E-state index contributed by atoms with van der Waals surface area (Å²) in [6.45, 7) is 4.93. The van der Waals surface area contributed by atoms with Gasteiger partial charge in [0.25, 0.3) is 5.91 Å². The van der Waals surface area contributed by atoms with Crippen molar-refractivity contribution in [2.24, 2.45) is 0 Å². The highest BCUT2D eigenvalue weighted by molar-refractivity contribution is 7.89. The molecule has 1 heterocycles. The number of carbonyl (C=O) groups is 2. The van der Waals surface area contributed by atoms with Crippen LogP contribution in [0.5, 0.6) is 0 Å². The fourth-order valence-electron chi connectivity index (χ4n) is 3.01. The molecule has 1 aromatic carbocycles. The molecule has 1 fully saturated rings. The van der Waals surface area contributed by atoms with Crippen LogP contribution in [0, 0.1) is 0 Å². The van der Waals surface area contributed by atoms with Gasteiger partial charge in [0.05, 0.1) is 5.02 Å². The molecule has 2 rings (SSSR count). The summed E-state index contributed by atoms with van der Waals surface area (Å²) < 4.78 is 27.5. The number of hydrogen-bond acceptors (Lipinski definition) is 4. The Hall–Kier alpha value is -1.64. The molecule has 0 radical (unpaired) electrons. The third-order valence-corrected chi connectivity index (χ3v) is 7.05. The lowest BCUT2D eigenvalue weighted by molar-refractivity contribution is -0.122. The fourth-order valence-corrected chi connectivity index (χ4v) is 5.03. The smallest absolute Gasteiger partial charge is 0.251 e. The van der Waals surface area contributed by atoms with E-state index in [2.05, 4.69) is 10.6 Å². The average Bonchev–Trinajstić information content (AvgIpc) is 2.96. The summed E-state index contributed by atoms with van der Waals surface area (Å²) in [4.78, 5) is 24.4. The van der Waals surface area contributed by atoms with E-state index in [1.807, 2.05) is 6.92 Å². The molecule has 1 atom stereocenters. The lowest BCUT2D eigenvalue weighted by Crippen LogP contribution is -2.45. The number of rotatable bonds is 7. The Morgan fingerprint density at radius 1 is 1.18 bits per heavy atom. The molecule has 1 saturated heterocycles. The summed E-state index contributed by atoms with van der Waals surface area (Å²) in [5, 5.41) is 5.37. The molecule has 1 aliphatic rings. The third-order valence-electron chi connectivity index (χ3n) is 4.67. The topological polar surface area (TPSA) is 95.6 Å². The lowest BCUT2D eigenvalue weighted by Gasteiger charge is -2.21. The number of nitrogens with one attached hydrogen (secondary N) is 2. The van der Waals surface area contributed by atoms with Crippen LogP contribution in [-0.4, -0.2) is 50.2 Å². The highest BCUT2D eigenvalue weighted by Gasteiger charge is 2.28. The van der Waals surface area contributed by atoms with Gasteiger partial charge >= 0.3 is 0 Å². The Morgan fingerprint density at radius 2 is 1.82 bits per heavy atom. The lowest BCUT2D eigenvalue weighted by atomic mass is 10.2. The second kappa shape index (κ2) is 10.2. The van der Waals surface area contributed by atoms with Crippen LogP contribution in [-0.2, 0) is 14.8 Å². The van der Waals surface area contributed by atoms with Crippen molar-refractivity contribution in [3.63, 3.8) is 0 Å². The van der Waals surface area contributed by atoms with Crippen LogP contribution < -0.4 is 10.6 Å². The second-order valence-electron chi connectivity index (χ2n) is 6.95. The van der Waals surface area contributed by atoms with Crippen molar-refractivity contribution in [2.75, 3.05) is 19.6 Å². The summed E-state index contributed by atoms with van der Waals surface area (Å²) in [7, 11) is -3.79. The maximum Gasteiger partial charge on any atom is 0.251 e.